The molecule has 3 rings (SSSR count). The van der Waals surface area contributed by atoms with Crippen molar-refractivity contribution in [3.63, 3.8) is 0 Å². The molecular formula is C20H23N3O5S. The lowest BCUT2D eigenvalue weighted by Crippen LogP contribution is -2.34. The molecule has 0 saturated heterocycles. The highest BCUT2D eigenvalue weighted by Gasteiger charge is 2.32. The third-order valence-electron chi connectivity index (χ3n) is 4.53. The third kappa shape index (κ3) is 4.75. The Kier molecular flexibility index (Phi) is 5.90. The fraction of sp³-hybridized carbons (Fsp3) is 0.300. The maximum absolute atomic E-state index is 12.7. The van der Waals surface area contributed by atoms with Crippen molar-refractivity contribution in [3.8, 4) is 0 Å². The molecule has 1 unspecified atom stereocenters. The topological polar surface area (TPSA) is 105 Å². The molecule has 2 aromatic carbocycles. The second-order valence-electron chi connectivity index (χ2n) is 6.97. The Morgan fingerprint density at radius 3 is 2.48 bits per heavy atom. The average Bonchev–Trinajstić information content (AvgIpc) is 2.97. The van der Waals surface area contributed by atoms with E-state index < -0.39 is 10.0 Å². The standard InChI is InChI=1S/C20H23N3O5S/c1-13-9-15-10-14(7-8-18(15)23(13)29(3,26)27)20(25)22-17-6-4-5-16(11-17)21-19(24)12-28-2/h4-8,10-11,13H,9,12H2,1-3H3,(H,21,24)(H,22,25). The van der Waals surface area contributed by atoms with E-state index in [-0.39, 0.29) is 24.5 Å². The summed E-state index contributed by atoms with van der Waals surface area (Å²) in [5.74, 6) is -0.613. The fourth-order valence-corrected chi connectivity index (χ4v) is 4.72. The third-order valence-corrected chi connectivity index (χ3v) is 5.80. The van der Waals surface area contributed by atoms with E-state index in [1.807, 2.05) is 6.92 Å². The number of methoxy groups -OCH3 is 1. The van der Waals surface area contributed by atoms with Gasteiger partial charge in [0.15, 0.2) is 0 Å². The number of nitrogens with zero attached hydrogens (tertiary/aromatic N) is 1. The largest absolute Gasteiger partial charge is 0.375 e. The van der Waals surface area contributed by atoms with Gasteiger partial charge in [-0.3, -0.25) is 13.9 Å². The van der Waals surface area contributed by atoms with Crippen LogP contribution in [0.15, 0.2) is 42.5 Å². The second-order valence-corrected chi connectivity index (χ2v) is 8.83. The number of hydrogen-bond donors (Lipinski definition) is 2. The molecule has 29 heavy (non-hydrogen) atoms. The van der Waals surface area contributed by atoms with Gasteiger partial charge in [0, 0.05) is 30.1 Å². The number of nitrogens with one attached hydrogen (secondary N) is 2. The lowest BCUT2D eigenvalue weighted by atomic mass is 10.1. The summed E-state index contributed by atoms with van der Waals surface area (Å²) in [7, 11) is -1.94. The van der Waals surface area contributed by atoms with Crippen molar-refractivity contribution in [2.45, 2.75) is 19.4 Å². The summed E-state index contributed by atoms with van der Waals surface area (Å²) >= 11 is 0. The van der Waals surface area contributed by atoms with Crippen LogP contribution in [0.25, 0.3) is 0 Å². The number of sulfonamides is 1. The van der Waals surface area contributed by atoms with Crippen LogP contribution in [0.2, 0.25) is 0 Å². The highest BCUT2D eigenvalue weighted by Crippen LogP contribution is 2.34. The van der Waals surface area contributed by atoms with Gasteiger partial charge in [0.2, 0.25) is 15.9 Å². The molecule has 0 radical (unpaired) electrons. The van der Waals surface area contributed by atoms with Crippen molar-refractivity contribution in [1.29, 1.82) is 0 Å². The first-order valence-electron chi connectivity index (χ1n) is 9.01. The van der Waals surface area contributed by atoms with Gasteiger partial charge < -0.3 is 15.4 Å². The van der Waals surface area contributed by atoms with E-state index in [4.69, 9.17) is 4.74 Å². The molecule has 1 aliphatic rings. The Bertz CT molecular complexity index is 1050. The lowest BCUT2D eigenvalue weighted by molar-refractivity contribution is -0.119. The Morgan fingerprint density at radius 2 is 1.83 bits per heavy atom. The summed E-state index contributed by atoms with van der Waals surface area (Å²) in [5, 5.41) is 5.47. The van der Waals surface area contributed by atoms with E-state index >= 15 is 0 Å². The summed E-state index contributed by atoms with van der Waals surface area (Å²) in [6.45, 7) is 1.78. The molecule has 0 fully saturated rings. The zero-order chi connectivity index (χ0) is 21.2. The molecule has 154 valence electrons. The second kappa shape index (κ2) is 8.22. The fourth-order valence-electron chi connectivity index (χ4n) is 3.46. The van der Waals surface area contributed by atoms with Crippen LogP contribution in [0.4, 0.5) is 17.1 Å². The maximum atomic E-state index is 12.7. The number of carbonyl (C=O) groups excluding carboxylic acids is 2. The van der Waals surface area contributed by atoms with Crippen LogP contribution in [0.1, 0.15) is 22.8 Å². The molecule has 8 nitrogen and oxygen atoms in total. The maximum Gasteiger partial charge on any atom is 0.255 e. The predicted molar refractivity (Wildman–Crippen MR) is 112 cm³/mol. The van der Waals surface area contributed by atoms with Gasteiger partial charge in [0.25, 0.3) is 5.91 Å². The van der Waals surface area contributed by atoms with Gasteiger partial charge in [-0.15, -0.1) is 0 Å². The first-order chi connectivity index (χ1) is 13.7. The van der Waals surface area contributed by atoms with Gasteiger partial charge in [-0.25, -0.2) is 8.42 Å². The van der Waals surface area contributed by atoms with E-state index in [2.05, 4.69) is 10.6 Å². The van der Waals surface area contributed by atoms with Crippen LogP contribution in [0, 0.1) is 0 Å². The summed E-state index contributed by atoms with van der Waals surface area (Å²) < 4.78 is 30.2. The minimum atomic E-state index is -3.38. The number of carbonyl (C=O) groups is 2. The highest BCUT2D eigenvalue weighted by molar-refractivity contribution is 7.92. The van der Waals surface area contributed by atoms with E-state index in [1.54, 1.807) is 42.5 Å². The first-order valence-corrected chi connectivity index (χ1v) is 10.9. The smallest absolute Gasteiger partial charge is 0.255 e. The van der Waals surface area contributed by atoms with Crippen molar-refractivity contribution >= 4 is 38.9 Å². The van der Waals surface area contributed by atoms with Crippen molar-refractivity contribution in [1.82, 2.24) is 0 Å². The quantitative estimate of drug-likeness (QED) is 0.750. The number of hydrogen-bond acceptors (Lipinski definition) is 5. The Morgan fingerprint density at radius 1 is 1.14 bits per heavy atom. The highest BCUT2D eigenvalue weighted by atomic mass is 32.2. The minimum Gasteiger partial charge on any atom is -0.375 e. The molecular weight excluding hydrogens is 394 g/mol. The molecule has 2 amide bonds. The van der Waals surface area contributed by atoms with Crippen LogP contribution >= 0.6 is 0 Å². The van der Waals surface area contributed by atoms with Crippen LogP contribution in [-0.2, 0) is 26.0 Å². The van der Waals surface area contributed by atoms with E-state index in [1.165, 1.54) is 17.7 Å². The van der Waals surface area contributed by atoms with Gasteiger partial charge in [0.05, 0.1) is 11.9 Å². The van der Waals surface area contributed by atoms with Crippen molar-refractivity contribution < 1.29 is 22.7 Å². The molecule has 1 atom stereocenters. The van der Waals surface area contributed by atoms with Crippen molar-refractivity contribution in [2.75, 3.05) is 34.9 Å². The van der Waals surface area contributed by atoms with E-state index in [9.17, 15) is 18.0 Å². The molecule has 2 aromatic rings. The molecule has 0 spiro atoms. The van der Waals surface area contributed by atoms with E-state index in [0.29, 0.717) is 29.0 Å². The number of ether oxygens (including phenoxy) is 1. The molecule has 1 aliphatic heterocycles. The molecule has 9 heteroatoms. The number of amides is 2. The van der Waals surface area contributed by atoms with Crippen LogP contribution in [0.5, 0.6) is 0 Å². The molecule has 0 aromatic heterocycles. The number of benzene rings is 2. The Hall–Kier alpha value is -2.91. The van der Waals surface area contributed by atoms with E-state index in [0.717, 1.165) is 5.56 Å². The number of rotatable bonds is 6. The van der Waals surface area contributed by atoms with Crippen LogP contribution in [-0.4, -0.2) is 46.2 Å². The first kappa shape index (κ1) is 20.8. The number of anilines is 3. The van der Waals surface area contributed by atoms with Gasteiger partial charge in [-0.1, -0.05) is 6.07 Å². The average molecular weight is 417 g/mol. The molecule has 0 bridgehead atoms. The van der Waals surface area contributed by atoms with Crippen LogP contribution in [0.3, 0.4) is 0 Å². The zero-order valence-electron chi connectivity index (χ0n) is 16.4. The zero-order valence-corrected chi connectivity index (χ0v) is 17.2. The van der Waals surface area contributed by atoms with Crippen LogP contribution < -0.4 is 14.9 Å². The predicted octanol–water partition coefficient (Wildman–Crippen LogP) is 2.23. The molecule has 2 N–H and O–H groups in total. The van der Waals surface area contributed by atoms with Gasteiger partial charge in [-0.2, -0.15) is 0 Å². The number of fused-ring (bicyclic) bond motifs is 1. The van der Waals surface area contributed by atoms with Gasteiger partial charge in [0.1, 0.15) is 6.61 Å². The Labute approximate surface area is 169 Å². The molecule has 1 heterocycles. The Balaban J connectivity index is 1.76. The molecule has 0 saturated carbocycles. The summed E-state index contributed by atoms with van der Waals surface area (Å²) in [6, 6.07) is 11.6. The SMILES string of the molecule is COCC(=O)Nc1cccc(NC(=O)c2ccc3c(c2)CC(C)N3S(C)(=O)=O)c1. The van der Waals surface area contributed by atoms with Crippen molar-refractivity contribution in [3.05, 3.63) is 53.6 Å². The lowest BCUT2D eigenvalue weighted by Gasteiger charge is -2.21. The monoisotopic (exact) mass is 417 g/mol. The van der Waals surface area contributed by atoms with Crippen molar-refractivity contribution in [2.24, 2.45) is 0 Å². The summed E-state index contributed by atoms with van der Waals surface area (Å²) in [4.78, 5) is 24.3. The minimum absolute atomic E-state index is 0.0609. The summed E-state index contributed by atoms with van der Waals surface area (Å²) in [6.07, 6.45) is 1.72. The normalized spacial score (nSPS) is 15.7. The summed E-state index contributed by atoms with van der Waals surface area (Å²) in [5.41, 5.74) is 2.92. The van der Waals surface area contributed by atoms with Gasteiger partial charge >= 0.3 is 0 Å². The van der Waals surface area contributed by atoms with Gasteiger partial charge in [-0.05, 0) is 55.3 Å². The molecule has 0 aliphatic carbocycles.